The molecule has 2 rings (SSSR count). The van der Waals surface area contributed by atoms with Gasteiger partial charge >= 0.3 is 0 Å². The molecule has 8 nitrogen and oxygen atoms in total. The first-order chi connectivity index (χ1) is 16.3. The molecule has 0 radical (unpaired) electrons. The highest BCUT2D eigenvalue weighted by atomic mass is 16.7. The van der Waals surface area contributed by atoms with Crippen LogP contribution in [0.4, 0.5) is 0 Å². The summed E-state index contributed by atoms with van der Waals surface area (Å²) in [6.45, 7) is 11.1. The second kappa shape index (κ2) is 18.9. The number of para-hydroxylation sites is 1. The summed E-state index contributed by atoms with van der Waals surface area (Å²) in [7, 11) is 0. The van der Waals surface area contributed by atoms with Gasteiger partial charge in [0.1, 0.15) is 6.61 Å². The predicted octanol–water partition coefficient (Wildman–Crippen LogP) is 3.98. The van der Waals surface area contributed by atoms with E-state index in [0.717, 1.165) is 50.2 Å². The van der Waals surface area contributed by atoms with E-state index in [-0.39, 0.29) is 0 Å². The summed E-state index contributed by atoms with van der Waals surface area (Å²) in [5.41, 5.74) is 0.948. The van der Waals surface area contributed by atoms with Gasteiger partial charge in [-0.05, 0) is 18.9 Å². The topological polar surface area (TPSA) is 73.8 Å². The standard InChI is InChI=1S/C25H42O8/c1-3-5-10-26-12-14-28-16-18-30-20-22-8-7-9-23-25(22)33-24(32-23)21-31-19-17-29-15-13-27-11-6-4-2/h7-9,24H,3-6,10-21H2,1-2H3. The number of unbranched alkanes of at least 4 members (excludes halogenated alkanes) is 2. The molecule has 0 amide bonds. The number of ether oxygens (including phenoxy) is 8. The van der Waals surface area contributed by atoms with E-state index in [0.29, 0.717) is 71.8 Å². The maximum absolute atomic E-state index is 5.93. The van der Waals surface area contributed by atoms with Gasteiger partial charge in [0.2, 0.25) is 0 Å². The van der Waals surface area contributed by atoms with Crippen LogP contribution in [0, 0.1) is 0 Å². The van der Waals surface area contributed by atoms with E-state index in [1.807, 2.05) is 18.2 Å². The maximum Gasteiger partial charge on any atom is 0.264 e. The molecule has 190 valence electrons. The van der Waals surface area contributed by atoms with Gasteiger partial charge in [-0.25, -0.2) is 0 Å². The van der Waals surface area contributed by atoms with Gasteiger partial charge < -0.3 is 37.9 Å². The van der Waals surface area contributed by atoms with Crippen molar-refractivity contribution in [2.24, 2.45) is 0 Å². The second-order valence-electron chi connectivity index (χ2n) is 7.69. The smallest absolute Gasteiger partial charge is 0.264 e. The molecule has 0 bridgehead atoms. The van der Waals surface area contributed by atoms with Crippen molar-refractivity contribution >= 4 is 0 Å². The molecule has 1 aromatic carbocycles. The Kier molecular flexibility index (Phi) is 16.0. The molecule has 8 heteroatoms. The highest BCUT2D eigenvalue weighted by Gasteiger charge is 2.26. The van der Waals surface area contributed by atoms with Crippen LogP contribution >= 0.6 is 0 Å². The molecule has 1 unspecified atom stereocenters. The molecule has 0 saturated carbocycles. The average Bonchev–Trinajstić information content (AvgIpc) is 3.25. The van der Waals surface area contributed by atoms with E-state index in [1.54, 1.807) is 0 Å². The average molecular weight is 471 g/mol. The summed E-state index contributed by atoms with van der Waals surface area (Å²) in [5, 5.41) is 0. The van der Waals surface area contributed by atoms with Crippen LogP contribution < -0.4 is 9.47 Å². The van der Waals surface area contributed by atoms with Crippen LogP contribution in [0.5, 0.6) is 11.5 Å². The predicted molar refractivity (Wildman–Crippen MR) is 125 cm³/mol. The lowest BCUT2D eigenvalue weighted by Crippen LogP contribution is -2.25. The van der Waals surface area contributed by atoms with E-state index in [1.165, 1.54) is 0 Å². The van der Waals surface area contributed by atoms with Gasteiger partial charge in [0.05, 0.1) is 59.5 Å². The first-order valence-electron chi connectivity index (χ1n) is 12.3. The van der Waals surface area contributed by atoms with Crippen LogP contribution in [0.15, 0.2) is 18.2 Å². The molecule has 1 aliphatic rings. The fraction of sp³-hybridized carbons (Fsp3) is 0.760. The van der Waals surface area contributed by atoms with E-state index >= 15 is 0 Å². The van der Waals surface area contributed by atoms with Gasteiger partial charge in [-0.15, -0.1) is 0 Å². The number of rotatable bonds is 22. The molecule has 1 aliphatic heterocycles. The molecule has 0 spiro atoms. The largest absolute Gasteiger partial charge is 0.448 e. The van der Waals surface area contributed by atoms with E-state index in [4.69, 9.17) is 37.9 Å². The van der Waals surface area contributed by atoms with Gasteiger partial charge in [-0.1, -0.05) is 38.8 Å². The minimum Gasteiger partial charge on any atom is -0.448 e. The van der Waals surface area contributed by atoms with Gasteiger partial charge in [0, 0.05) is 18.8 Å². The monoisotopic (exact) mass is 470 g/mol. The summed E-state index contributed by atoms with van der Waals surface area (Å²) in [5.74, 6) is 1.43. The van der Waals surface area contributed by atoms with Gasteiger partial charge in [-0.3, -0.25) is 0 Å². The highest BCUT2D eigenvalue weighted by molar-refractivity contribution is 5.48. The molecule has 33 heavy (non-hydrogen) atoms. The minimum absolute atomic E-state index is 0.333. The van der Waals surface area contributed by atoms with E-state index < -0.39 is 6.29 Å². The molecule has 1 heterocycles. The molecule has 1 atom stereocenters. The van der Waals surface area contributed by atoms with Crippen molar-refractivity contribution in [1.29, 1.82) is 0 Å². The molecular weight excluding hydrogens is 428 g/mol. The molecule has 0 N–H and O–H groups in total. The third-order valence-electron chi connectivity index (χ3n) is 4.85. The molecular formula is C25H42O8. The second-order valence-corrected chi connectivity index (χ2v) is 7.69. The molecule has 0 saturated heterocycles. The lowest BCUT2D eigenvalue weighted by Gasteiger charge is -2.12. The number of benzene rings is 1. The van der Waals surface area contributed by atoms with Crippen molar-refractivity contribution in [3.05, 3.63) is 23.8 Å². The van der Waals surface area contributed by atoms with Crippen LogP contribution in [0.1, 0.15) is 45.1 Å². The molecule has 0 aromatic heterocycles. The van der Waals surface area contributed by atoms with E-state index in [2.05, 4.69) is 13.8 Å². The quantitative estimate of drug-likeness (QED) is 0.236. The van der Waals surface area contributed by atoms with Crippen molar-refractivity contribution in [2.45, 2.75) is 52.4 Å². The zero-order valence-corrected chi connectivity index (χ0v) is 20.4. The van der Waals surface area contributed by atoms with Crippen LogP contribution in [-0.4, -0.2) is 79.0 Å². The Morgan fingerprint density at radius 3 is 1.79 bits per heavy atom. The van der Waals surface area contributed by atoms with Crippen molar-refractivity contribution < 1.29 is 37.9 Å². The summed E-state index contributed by atoms with van der Waals surface area (Å²) >= 11 is 0. The first-order valence-corrected chi connectivity index (χ1v) is 12.3. The first kappa shape index (κ1) is 27.8. The zero-order chi connectivity index (χ0) is 23.4. The highest BCUT2D eigenvalue weighted by Crippen LogP contribution is 2.38. The Hall–Kier alpha value is -1.42. The van der Waals surface area contributed by atoms with Crippen LogP contribution in [-0.2, 0) is 35.0 Å². The van der Waals surface area contributed by atoms with Crippen LogP contribution in [0.2, 0.25) is 0 Å². The fourth-order valence-corrected chi connectivity index (χ4v) is 3.00. The minimum atomic E-state index is -0.463. The number of hydrogen-bond donors (Lipinski definition) is 0. The number of hydrogen-bond acceptors (Lipinski definition) is 8. The molecule has 0 fully saturated rings. The molecule has 1 aromatic rings. The summed E-state index contributed by atoms with van der Waals surface area (Å²) in [4.78, 5) is 0. The summed E-state index contributed by atoms with van der Waals surface area (Å²) in [6.07, 6.45) is 4.00. The van der Waals surface area contributed by atoms with Crippen LogP contribution in [0.3, 0.4) is 0 Å². The molecule has 0 aliphatic carbocycles. The summed E-state index contributed by atoms with van der Waals surface area (Å²) < 4.78 is 45.0. The van der Waals surface area contributed by atoms with Gasteiger partial charge in [0.15, 0.2) is 11.5 Å². The Bertz CT molecular complexity index is 598. The van der Waals surface area contributed by atoms with Crippen molar-refractivity contribution in [2.75, 3.05) is 72.7 Å². The van der Waals surface area contributed by atoms with Crippen LogP contribution in [0.25, 0.3) is 0 Å². The maximum atomic E-state index is 5.93. The van der Waals surface area contributed by atoms with E-state index in [9.17, 15) is 0 Å². The zero-order valence-electron chi connectivity index (χ0n) is 20.4. The third kappa shape index (κ3) is 12.6. The Morgan fingerprint density at radius 2 is 1.18 bits per heavy atom. The third-order valence-corrected chi connectivity index (χ3v) is 4.85. The Morgan fingerprint density at radius 1 is 0.636 bits per heavy atom. The Balaban J connectivity index is 1.50. The Labute approximate surface area is 198 Å². The van der Waals surface area contributed by atoms with Gasteiger partial charge in [-0.2, -0.15) is 0 Å². The van der Waals surface area contributed by atoms with Gasteiger partial charge in [0.25, 0.3) is 6.29 Å². The van der Waals surface area contributed by atoms with Crippen molar-refractivity contribution in [3.63, 3.8) is 0 Å². The lowest BCUT2D eigenvalue weighted by atomic mass is 10.2. The number of fused-ring (bicyclic) bond motifs is 1. The lowest BCUT2D eigenvalue weighted by molar-refractivity contribution is -0.0504. The fourth-order valence-electron chi connectivity index (χ4n) is 3.00. The van der Waals surface area contributed by atoms with Crippen molar-refractivity contribution in [1.82, 2.24) is 0 Å². The SMILES string of the molecule is CCCCOCCOCCOCc1cccc2c1OC(COCCOCCOCCCC)O2. The normalized spacial score (nSPS) is 14.8. The van der Waals surface area contributed by atoms with Crippen molar-refractivity contribution in [3.8, 4) is 11.5 Å². The summed E-state index contributed by atoms with van der Waals surface area (Å²) in [6, 6.07) is 5.80.